The average molecular weight is 338 g/mol. The van der Waals surface area contributed by atoms with Crippen LogP contribution in [0.3, 0.4) is 0 Å². The second-order valence-electron chi connectivity index (χ2n) is 4.76. The molecule has 0 fully saturated rings. The van der Waals surface area contributed by atoms with Crippen molar-refractivity contribution in [1.82, 2.24) is 15.0 Å². The predicted molar refractivity (Wildman–Crippen MR) is 94.6 cm³/mol. The highest BCUT2D eigenvalue weighted by Gasteiger charge is 2.08. The van der Waals surface area contributed by atoms with Gasteiger partial charge in [0.15, 0.2) is 0 Å². The van der Waals surface area contributed by atoms with Gasteiger partial charge in [0.05, 0.1) is 5.52 Å². The summed E-state index contributed by atoms with van der Waals surface area (Å²) in [4.78, 5) is 12.5. The van der Waals surface area contributed by atoms with E-state index in [2.05, 4.69) is 27.1 Å². The smallest absolute Gasteiger partial charge is 0.221 e. The van der Waals surface area contributed by atoms with Crippen molar-refractivity contribution in [2.24, 2.45) is 0 Å². The lowest BCUT2D eigenvalue weighted by atomic mass is 10.0. The van der Waals surface area contributed by atoms with Gasteiger partial charge < -0.3 is 11.5 Å². The van der Waals surface area contributed by atoms with Crippen LogP contribution in [0.1, 0.15) is 16.8 Å². The van der Waals surface area contributed by atoms with E-state index in [1.165, 1.54) is 0 Å². The number of hydrogen-bond donors (Lipinski definition) is 2. The van der Waals surface area contributed by atoms with Crippen LogP contribution in [0.2, 0.25) is 0 Å². The molecule has 0 aliphatic carbocycles. The van der Waals surface area contributed by atoms with Gasteiger partial charge in [-0.05, 0) is 24.6 Å². The molecule has 3 rings (SSSR count). The Morgan fingerprint density at radius 2 is 1.73 bits per heavy atom. The number of fused-ring (bicyclic) bond motifs is 1. The van der Waals surface area contributed by atoms with Crippen molar-refractivity contribution in [2.75, 3.05) is 11.5 Å². The zero-order valence-corrected chi connectivity index (χ0v) is 13.6. The molecule has 3 aromatic rings. The highest BCUT2D eigenvalue weighted by molar-refractivity contribution is 5.85. The quantitative estimate of drug-likeness (QED) is 0.750. The lowest BCUT2D eigenvalue weighted by Gasteiger charge is -2.09. The van der Waals surface area contributed by atoms with Gasteiger partial charge in [-0.3, -0.25) is 4.98 Å². The molecule has 0 saturated carbocycles. The van der Waals surface area contributed by atoms with E-state index >= 15 is 0 Å². The van der Waals surface area contributed by atoms with Gasteiger partial charge >= 0.3 is 0 Å². The minimum Gasteiger partial charge on any atom is -0.383 e. The third-order valence-corrected chi connectivity index (χ3v) is 3.23. The molecule has 0 bridgehead atoms. The van der Waals surface area contributed by atoms with Crippen molar-refractivity contribution in [3.63, 3.8) is 0 Å². The molecule has 5 nitrogen and oxygen atoms in total. The van der Waals surface area contributed by atoms with Gasteiger partial charge in [-0.25, -0.2) is 4.98 Å². The Morgan fingerprint density at radius 3 is 2.45 bits per heavy atom. The van der Waals surface area contributed by atoms with E-state index in [0.29, 0.717) is 12.2 Å². The molecule has 0 unspecified atom stereocenters. The Kier molecular flexibility index (Phi) is 5.91. The number of benzene rings is 1. The van der Waals surface area contributed by atoms with E-state index in [4.69, 9.17) is 11.5 Å². The Balaban J connectivity index is 0.00000121. The fourth-order valence-electron chi connectivity index (χ4n) is 2.32. The second kappa shape index (κ2) is 7.24. The molecule has 0 aliphatic rings. The number of aromatic nitrogens is 3. The Labute approximate surface area is 141 Å². The molecule has 0 aliphatic heterocycles. The van der Waals surface area contributed by atoms with Crippen molar-refractivity contribution >= 4 is 47.5 Å². The number of rotatable bonds is 2. The first-order chi connectivity index (χ1) is 9.63. The number of nitrogen functional groups attached to an aromatic ring is 2. The third kappa shape index (κ3) is 3.55. The van der Waals surface area contributed by atoms with Crippen molar-refractivity contribution in [1.29, 1.82) is 0 Å². The third-order valence-electron chi connectivity index (χ3n) is 3.23. The van der Waals surface area contributed by atoms with E-state index in [0.717, 1.165) is 27.7 Å². The molecule has 0 radical (unpaired) electrons. The van der Waals surface area contributed by atoms with E-state index in [1.54, 1.807) is 6.20 Å². The molecule has 0 atom stereocenters. The van der Waals surface area contributed by atoms with E-state index < -0.39 is 0 Å². The van der Waals surface area contributed by atoms with E-state index in [1.807, 2.05) is 25.1 Å². The van der Waals surface area contributed by atoms with Gasteiger partial charge in [0.2, 0.25) is 5.95 Å². The van der Waals surface area contributed by atoms with Gasteiger partial charge in [-0.15, -0.1) is 24.8 Å². The standard InChI is InChI=1S/C15H15N5.2ClH/c1-9-6-10(12-4-2-3-5-13(12)19-9)7-11-8-18-15(17)20-14(11)16;;/h2-6,8H,7H2,1H3,(H4,16,17,18,20);2*1H. The molecule has 22 heavy (non-hydrogen) atoms. The van der Waals surface area contributed by atoms with Crippen molar-refractivity contribution in [3.8, 4) is 0 Å². The first kappa shape index (κ1) is 17.9. The number of pyridine rings is 1. The fourth-order valence-corrected chi connectivity index (χ4v) is 2.32. The topological polar surface area (TPSA) is 90.7 Å². The molecule has 0 spiro atoms. The van der Waals surface area contributed by atoms with Gasteiger partial charge in [0, 0.05) is 29.3 Å². The van der Waals surface area contributed by atoms with Crippen LogP contribution in [0.15, 0.2) is 36.5 Å². The molecule has 0 saturated heterocycles. The SMILES string of the molecule is Cc1cc(Cc2cnc(N)nc2N)c2ccccc2n1.Cl.Cl. The van der Waals surface area contributed by atoms with Gasteiger partial charge in [-0.2, -0.15) is 4.98 Å². The largest absolute Gasteiger partial charge is 0.383 e. The first-order valence-electron chi connectivity index (χ1n) is 6.35. The molecular formula is C15H17Cl2N5. The molecule has 116 valence electrons. The molecule has 0 amide bonds. The normalized spacial score (nSPS) is 9.86. The highest BCUT2D eigenvalue weighted by Crippen LogP contribution is 2.22. The summed E-state index contributed by atoms with van der Waals surface area (Å²) in [6.07, 6.45) is 2.35. The van der Waals surface area contributed by atoms with Crippen LogP contribution in [-0.2, 0) is 6.42 Å². The molecule has 4 N–H and O–H groups in total. The predicted octanol–water partition coefficient (Wildman–Crippen LogP) is 2.93. The van der Waals surface area contributed by atoms with Gasteiger partial charge in [0.1, 0.15) is 5.82 Å². The maximum atomic E-state index is 5.90. The Hall–Kier alpha value is -2.11. The molecule has 2 heterocycles. The van der Waals surface area contributed by atoms with Gasteiger partial charge in [-0.1, -0.05) is 18.2 Å². The van der Waals surface area contributed by atoms with Crippen LogP contribution in [0.5, 0.6) is 0 Å². The number of aryl methyl sites for hydroxylation is 1. The zero-order valence-electron chi connectivity index (χ0n) is 12.0. The summed E-state index contributed by atoms with van der Waals surface area (Å²) < 4.78 is 0. The number of anilines is 2. The summed E-state index contributed by atoms with van der Waals surface area (Å²) in [5.41, 5.74) is 15.4. The number of nitrogens with two attached hydrogens (primary N) is 2. The van der Waals surface area contributed by atoms with Crippen LogP contribution in [0.25, 0.3) is 10.9 Å². The number of hydrogen-bond acceptors (Lipinski definition) is 5. The van der Waals surface area contributed by atoms with E-state index in [9.17, 15) is 0 Å². The van der Waals surface area contributed by atoms with Crippen LogP contribution in [-0.4, -0.2) is 15.0 Å². The van der Waals surface area contributed by atoms with Crippen molar-refractivity contribution in [2.45, 2.75) is 13.3 Å². The number of halogens is 2. The molecule has 1 aromatic carbocycles. The number of nitrogens with zero attached hydrogens (tertiary/aromatic N) is 3. The minimum absolute atomic E-state index is 0. The average Bonchev–Trinajstić information content (AvgIpc) is 2.41. The monoisotopic (exact) mass is 337 g/mol. The Bertz CT molecular complexity index is 792. The first-order valence-corrected chi connectivity index (χ1v) is 6.35. The van der Waals surface area contributed by atoms with Gasteiger partial charge in [0.25, 0.3) is 0 Å². The molecule has 2 aromatic heterocycles. The second-order valence-corrected chi connectivity index (χ2v) is 4.76. The highest BCUT2D eigenvalue weighted by atomic mass is 35.5. The zero-order chi connectivity index (χ0) is 14.1. The lowest BCUT2D eigenvalue weighted by Crippen LogP contribution is -2.04. The summed E-state index contributed by atoms with van der Waals surface area (Å²) in [5.74, 6) is 0.623. The van der Waals surface area contributed by atoms with Crippen molar-refractivity contribution < 1.29 is 0 Å². The van der Waals surface area contributed by atoms with Crippen LogP contribution < -0.4 is 11.5 Å². The number of para-hydroxylation sites is 1. The minimum atomic E-state index is 0. The van der Waals surface area contributed by atoms with E-state index in [-0.39, 0.29) is 30.8 Å². The summed E-state index contributed by atoms with van der Waals surface area (Å²) in [7, 11) is 0. The summed E-state index contributed by atoms with van der Waals surface area (Å²) >= 11 is 0. The maximum absolute atomic E-state index is 5.90. The summed E-state index contributed by atoms with van der Waals surface area (Å²) in [5, 5.41) is 1.12. The molecule has 7 heteroatoms. The van der Waals surface area contributed by atoms with Crippen LogP contribution in [0, 0.1) is 6.92 Å². The van der Waals surface area contributed by atoms with Crippen molar-refractivity contribution in [3.05, 3.63) is 53.3 Å². The summed E-state index contributed by atoms with van der Waals surface area (Å²) in [6.45, 7) is 1.98. The lowest BCUT2D eigenvalue weighted by molar-refractivity contribution is 1.09. The maximum Gasteiger partial charge on any atom is 0.221 e. The van der Waals surface area contributed by atoms with Crippen LogP contribution >= 0.6 is 24.8 Å². The fraction of sp³-hybridized carbons (Fsp3) is 0.133. The summed E-state index contributed by atoms with van der Waals surface area (Å²) in [6, 6.07) is 10.1. The van der Waals surface area contributed by atoms with Crippen LogP contribution in [0.4, 0.5) is 11.8 Å². The Morgan fingerprint density at radius 1 is 1.00 bits per heavy atom. The molecular weight excluding hydrogens is 321 g/mol.